The molecule has 0 aromatic heterocycles. The molecule has 1 aliphatic rings. The van der Waals surface area contributed by atoms with Crippen molar-refractivity contribution in [3.8, 4) is 0 Å². The van der Waals surface area contributed by atoms with Crippen LogP contribution in [0.4, 0.5) is 0 Å². The van der Waals surface area contributed by atoms with E-state index in [2.05, 4.69) is 20.4 Å². The fraction of sp³-hybridized carbons (Fsp3) is 0.750. The fourth-order valence-corrected chi connectivity index (χ4v) is 1.02. The first-order chi connectivity index (χ1) is 4.61. The second-order valence-corrected chi connectivity index (χ2v) is 3.17. The summed E-state index contributed by atoms with van der Waals surface area (Å²) >= 11 is 0. The maximum Gasteiger partial charge on any atom is 0.182 e. The highest BCUT2D eigenvalue weighted by Gasteiger charge is 2.25. The van der Waals surface area contributed by atoms with Gasteiger partial charge < -0.3 is 9.64 Å². The summed E-state index contributed by atoms with van der Waals surface area (Å²) < 4.78 is 5.47. The van der Waals surface area contributed by atoms with Crippen molar-refractivity contribution in [2.75, 3.05) is 13.6 Å². The summed E-state index contributed by atoms with van der Waals surface area (Å²) in [5.41, 5.74) is 0. The number of likely N-dealkylation sites (N-methyl/N-ethyl adjacent to an activating group) is 1. The molecule has 0 bridgehead atoms. The van der Waals surface area contributed by atoms with Gasteiger partial charge in [0.25, 0.3) is 0 Å². The van der Waals surface area contributed by atoms with Crippen LogP contribution in [0.5, 0.6) is 0 Å². The third kappa shape index (κ3) is 1.25. The van der Waals surface area contributed by atoms with E-state index in [1.165, 1.54) is 0 Å². The molecular weight excluding hydrogens is 126 g/mol. The van der Waals surface area contributed by atoms with Crippen molar-refractivity contribution in [2.45, 2.75) is 20.0 Å². The van der Waals surface area contributed by atoms with Crippen molar-refractivity contribution >= 4 is 0 Å². The Morgan fingerprint density at radius 3 is 2.50 bits per heavy atom. The second-order valence-electron chi connectivity index (χ2n) is 3.17. The lowest BCUT2D eigenvalue weighted by molar-refractivity contribution is 0.124. The first-order valence-electron chi connectivity index (χ1n) is 3.68. The minimum Gasteiger partial charge on any atom is -0.474 e. The normalized spacial score (nSPS) is 25.8. The minimum atomic E-state index is 0.345. The van der Waals surface area contributed by atoms with Crippen molar-refractivity contribution in [3.05, 3.63) is 12.5 Å². The van der Waals surface area contributed by atoms with Crippen molar-refractivity contribution in [1.29, 1.82) is 0 Å². The third-order valence-corrected chi connectivity index (χ3v) is 1.91. The van der Waals surface area contributed by atoms with Gasteiger partial charge in [-0.3, -0.25) is 0 Å². The molecule has 1 aliphatic heterocycles. The topological polar surface area (TPSA) is 12.5 Å². The predicted molar refractivity (Wildman–Crippen MR) is 41.5 cm³/mol. The standard InChI is InChI=1S/C8H15NO/c1-6(2)8-5-9(4)7(3)10-8/h6,8H,3,5H2,1-2,4H3/t8-/m0/s1. The van der Waals surface area contributed by atoms with E-state index in [1.807, 2.05) is 11.9 Å². The third-order valence-electron chi connectivity index (χ3n) is 1.91. The summed E-state index contributed by atoms with van der Waals surface area (Å²) in [4.78, 5) is 2.05. The Kier molecular flexibility index (Phi) is 1.88. The van der Waals surface area contributed by atoms with E-state index >= 15 is 0 Å². The van der Waals surface area contributed by atoms with Gasteiger partial charge in [-0.25, -0.2) is 0 Å². The highest BCUT2D eigenvalue weighted by molar-refractivity contribution is 4.91. The molecule has 0 aliphatic carbocycles. The molecule has 58 valence electrons. The van der Waals surface area contributed by atoms with Crippen LogP contribution in [0.15, 0.2) is 12.5 Å². The van der Waals surface area contributed by atoms with Gasteiger partial charge in [-0.1, -0.05) is 13.8 Å². The molecule has 0 aromatic carbocycles. The Bertz CT molecular complexity index is 142. The van der Waals surface area contributed by atoms with Gasteiger partial charge in [0.2, 0.25) is 0 Å². The lowest BCUT2D eigenvalue weighted by Gasteiger charge is -2.11. The quantitative estimate of drug-likeness (QED) is 0.548. The predicted octanol–water partition coefficient (Wildman–Crippen LogP) is 1.44. The van der Waals surface area contributed by atoms with E-state index in [9.17, 15) is 0 Å². The van der Waals surface area contributed by atoms with Crippen LogP contribution < -0.4 is 0 Å². The second kappa shape index (κ2) is 2.52. The zero-order chi connectivity index (χ0) is 7.72. The maximum atomic E-state index is 5.47. The van der Waals surface area contributed by atoms with Crippen LogP contribution in [0.2, 0.25) is 0 Å². The molecule has 1 heterocycles. The zero-order valence-electron chi connectivity index (χ0n) is 6.92. The van der Waals surface area contributed by atoms with E-state index in [0.717, 1.165) is 12.4 Å². The molecule has 0 amide bonds. The average molecular weight is 141 g/mol. The molecule has 0 unspecified atom stereocenters. The molecule has 10 heavy (non-hydrogen) atoms. The Balaban J connectivity index is 2.49. The summed E-state index contributed by atoms with van der Waals surface area (Å²) in [6.07, 6.45) is 0.345. The summed E-state index contributed by atoms with van der Waals surface area (Å²) in [5.74, 6) is 1.39. The van der Waals surface area contributed by atoms with E-state index in [4.69, 9.17) is 4.74 Å². The van der Waals surface area contributed by atoms with Gasteiger partial charge in [0.15, 0.2) is 5.88 Å². The zero-order valence-corrected chi connectivity index (χ0v) is 6.92. The number of rotatable bonds is 1. The molecule has 0 aromatic rings. The largest absolute Gasteiger partial charge is 0.474 e. The Labute approximate surface area is 62.5 Å². The Morgan fingerprint density at radius 1 is 1.70 bits per heavy atom. The van der Waals surface area contributed by atoms with E-state index in [-0.39, 0.29) is 0 Å². The minimum absolute atomic E-state index is 0.345. The monoisotopic (exact) mass is 141 g/mol. The number of hydrogen-bond donors (Lipinski definition) is 0. The van der Waals surface area contributed by atoms with E-state index in [1.54, 1.807) is 0 Å². The van der Waals surface area contributed by atoms with Gasteiger partial charge in [-0.2, -0.15) is 0 Å². The maximum absolute atomic E-state index is 5.47. The fourth-order valence-electron chi connectivity index (χ4n) is 1.02. The van der Waals surface area contributed by atoms with Crippen LogP contribution >= 0.6 is 0 Å². The molecule has 1 atom stereocenters. The number of hydrogen-bond acceptors (Lipinski definition) is 2. The average Bonchev–Trinajstić information content (AvgIpc) is 2.13. The lowest BCUT2D eigenvalue weighted by Crippen LogP contribution is -2.21. The van der Waals surface area contributed by atoms with Crippen LogP contribution in [0.3, 0.4) is 0 Å². The Morgan fingerprint density at radius 2 is 2.30 bits per heavy atom. The van der Waals surface area contributed by atoms with Crippen LogP contribution in [0.1, 0.15) is 13.8 Å². The summed E-state index contributed by atoms with van der Waals surface area (Å²) in [6.45, 7) is 9.08. The number of nitrogens with zero attached hydrogens (tertiary/aromatic N) is 1. The smallest absolute Gasteiger partial charge is 0.182 e. The van der Waals surface area contributed by atoms with Crippen LogP contribution in [-0.2, 0) is 4.74 Å². The first-order valence-corrected chi connectivity index (χ1v) is 3.68. The highest BCUT2D eigenvalue weighted by atomic mass is 16.5. The van der Waals surface area contributed by atoms with Gasteiger partial charge in [-0.15, -0.1) is 0 Å². The van der Waals surface area contributed by atoms with Gasteiger partial charge in [0.1, 0.15) is 6.10 Å². The highest BCUT2D eigenvalue weighted by Crippen LogP contribution is 2.20. The van der Waals surface area contributed by atoms with Crippen LogP contribution in [0.25, 0.3) is 0 Å². The Hall–Kier alpha value is -0.660. The molecule has 0 saturated carbocycles. The summed E-state index contributed by atoms with van der Waals surface area (Å²) in [6, 6.07) is 0. The molecular formula is C8H15NO. The van der Waals surface area contributed by atoms with Crippen molar-refractivity contribution in [1.82, 2.24) is 4.90 Å². The molecule has 0 N–H and O–H groups in total. The van der Waals surface area contributed by atoms with Gasteiger partial charge in [-0.05, 0) is 12.5 Å². The molecule has 0 spiro atoms. The lowest BCUT2D eigenvalue weighted by atomic mass is 10.1. The van der Waals surface area contributed by atoms with Crippen molar-refractivity contribution in [2.24, 2.45) is 5.92 Å². The van der Waals surface area contributed by atoms with Crippen molar-refractivity contribution in [3.63, 3.8) is 0 Å². The van der Waals surface area contributed by atoms with Gasteiger partial charge in [0, 0.05) is 7.05 Å². The first kappa shape index (κ1) is 7.45. The molecule has 0 radical (unpaired) electrons. The number of ether oxygens (including phenoxy) is 1. The van der Waals surface area contributed by atoms with Gasteiger partial charge in [0.05, 0.1) is 6.54 Å². The summed E-state index contributed by atoms with van der Waals surface area (Å²) in [7, 11) is 2.00. The van der Waals surface area contributed by atoms with Crippen LogP contribution in [0, 0.1) is 5.92 Å². The molecule has 2 nitrogen and oxygen atoms in total. The summed E-state index contributed by atoms with van der Waals surface area (Å²) in [5, 5.41) is 0. The molecule has 1 fully saturated rings. The van der Waals surface area contributed by atoms with Crippen molar-refractivity contribution < 1.29 is 4.74 Å². The molecule has 1 saturated heterocycles. The SMILES string of the molecule is C=C1O[C@H](C(C)C)CN1C. The molecule has 2 heteroatoms. The van der Waals surface area contributed by atoms with E-state index < -0.39 is 0 Å². The van der Waals surface area contributed by atoms with Crippen LogP contribution in [-0.4, -0.2) is 24.6 Å². The van der Waals surface area contributed by atoms with E-state index in [0.29, 0.717) is 12.0 Å². The van der Waals surface area contributed by atoms with Gasteiger partial charge >= 0.3 is 0 Å². The molecule has 1 rings (SSSR count).